The average Bonchev–Trinajstić information content (AvgIpc) is 2.35. The van der Waals surface area contributed by atoms with Crippen LogP contribution >= 0.6 is 0 Å². The minimum Gasteiger partial charge on any atom is -0.478 e. The Labute approximate surface area is 109 Å². The van der Waals surface area contributed by atoms with Crippen molar-refractivity contribution in [3.63, 3.8) is 0 Å². The molecule has 0 radical (unpaired) electrons. The van der Waals surface area contributed by atoms with Crippen LogP contribution in [-0.4, -0.2) is 29.1 Å². The van der Waals surface area contributed by atoms with Gasteiger partial charge in [-0.25, -0.2) is 9.18 Å². The van der Waals surface area contributed by atoms with Crippen molar-refractivity contribution < 1.29 is 19.2 Å². The number of rotatable bonds is 5. The Kier molecular flexibility index (Phi) is 4.42. The van der Waals surface area contributed by atoms with Gasteiger partial charge in [-0.2, -0.15) is 0 Å². The van der Waals surface area contributed by atoms with Gasteiger partial charge in [-0.15, -0.1) is 0 Å². The monoisotopic (exact) mass is 270 g/mol. The molecule has 0 saturated carbocycles. The number of carbonyl (C=O) groups is 1. The smallest absolute Gasteiger partial charge is 0.338 e. The standard InChI is InChI=1S/C12H15FN2O4/c1-4-7(2)14(3)10-5-8(12(16)17)9(13)6-11(10)15(18)19/h5-7H,4H2,1-3H3,(H,16,17). The maximum Gasteiger partial charge on any atom is 0.338 e. The van der Waals surface area contributed by atoms with Crippen LogP contribution in [0.1, 0.15) is 30.6 Å². The fraction of sp³-hybridized carbons (Fsp3) is 0.417. The van der Waals surface area contributed by atoms with Crippen LogP contribution in [0.5, 0.6) is 0 Å². The third-order valence-corrected chi connectivity index (χ3v) is 3.12. The lowest BCUT2D eigenvalue weighted by Gasteiger charge is -2.26. The first-order valence-electron chi connectivity index (χ1n) is 5.73. The molecule has 0 saturated heterocycles. The molecule has 1 rings (SSSR count). The molecule has 1 unspecified atom stereocenters. The summed E-state index contributed by atoms with van der Waals surface area (Å²) in [6.07, 6.45) is 0.716. The maximum absolute atomic E-state index is 13.5. The predicted octanol–water partition coefficient (Wildman–Crippen LogP) is 2.67. The van der Waals surface area contributed by atoms with Crippen LogP contribution in [0.4, 0.5) is 15.8 Å². The van der Waals surface area contributed by atoms with E-state index in [1.54, 1.807) is 11.9 Å². The van der Waals surface area contributed by atoms with E-state index in [1.807, 2.05) is 13.8 Å². The van der Waals surface area contributed by atoms with E-state index in [-0.39, 0.29) is 11.7 Å². The van der Waals surface area contributed by atoms with Crippen LogP contribution in [0.15, 0.2) is 12.1 Å². The zero-order valence-electron chi connectivity index (χ0n) is 10.9. The van der Waals surface area contributed by atoms with E-state index in [1.165, 1.54) is 0 Å². The van der Waals surface area contributed by atoms with E-state index in [0.29, 0.717) is 12.5 Å². The van der Waals surface area contributed by atoms with Crippen LogP contribution in [0, 0.1) is 15.9 Å². The molecule has 0 bridgehead atoms. The highest BCUT2D eigenvalue weighted by molar-refractivity contribution is 5.90. The molecule has 0 aromatic heterocycles. The largest absolute Gasteiger partial charge is 0.478 e. The molecular weight excluding hydrogens is 255 g/mol. The Bertz CT molecular complexity index is 519. The highest BCUT2D eigenvalue weighted by Gasteiger charge is 2.25. The second-order valence-electron chi connectivity index (χ2n) is 4.25. The number of hydrogen-bond donors (Lipinski definition) is 1. The number of carboxylic acid groups (broad SMARTS) is 1. The number of anilines is 1. The van der Waals surface area contributed by atoms with Crippen molar-refractivity contribution in [2.45, 2.75) is 26.3 Å². The molecule has 7 heteroatoms. The molecule has 1 aromatic rings. The maximum atomic E-state index is 13.5. The Hall–Kier alpha value is -2.18. The number of hydrogen-bond acceptors (Lipinski definition) is 4. The van der Waals surface area contributed by atoms with E-state index in [4.69, 9.17) is 5.11 Å². The summed E-state index contributed by atoms with van der Waals surface area (Å²) in [6, 6.07) is 1.62. The molecular formula is C12H15FN2O4. The number of halogens is 1. The summed E-state index contributed by atoms with van der Waals surface area (Å²) in [6.45, 7) is 3.74. The molecule has 1 atom stereocenters. The van der Waals surface area contributed by atoms with Crippen LogP contribution in [0.25, 0.3) is 0 Å². The molecule has 0 amide bonds. The van der Waals surface area contributed by atoms with Crippen molar-refractivity contribution in [2.24, 2.45) is 0 Å². The molecule has 1 aromatic carbocycles. The molecule has 0 aliphatic heterocycles. The molecule has 0 heterocycles. The number of benzene rings is 1. The third-order valence-electron chi connectivity index (χ3n) is 3.12. The Morgan fingerprint density at radius 1 is 1.58 bits per heavy atom. The first-order valence-corrected chi connectivity index (χ1v) is 5.73. The summed E-state index contributed by atoms with van der Waals surface area (Å²) >= 11 is 0. The van der Waals surface area contributed by atoms with Gasteiger partial charge in [0.05, 0.1) is 16.6 Å². The zero-order valence-corrected chi connectivity index (χ0v) is 10.9. The molecule has 0 spiro atoms. The Morgan fingerprint density at radius 3 is 2.58 bits per heavy atom. The van der Waals surface area contributed by atoms with Crippen molar-refractivity contribution in [1.29, 1.82) is 0 Å². The third kappa shape index (κ3) is 2.98. The van der Waals surface area contributed by atoms with Gasteiger partial charge in [-0.3, -0.25) is 10.1 Å². The normalized spacial score (nSPS) is 12.0. The minimum absolute atomic E-state index is 0.0363. The van der Waals surface area contributed by atoms with E-state index in [2.05, 4.69) is 0 Å². The van der Waals surface area contributed by atoms with Gasteiger partial charge in [0.25, 0.3) is 5.69 Å². The molecule has 6 nitrogen and oxygen atoms in total. The van der Waals surface area contributed by atoms with E-state index >= 15 is 0 Å². The fourth-order valence-corrected chi connectivity index (χ4v) is 1.66. The summed E-state index contributed by atoms with van der Waals surface area (Å²) in [4.78, 5) is 22.7. The minimum atomic E-state index is -1.45. The number of carboxylic acids is 1. The second-order valence-corrected chi connectivity index (χ2v) is 4.25. The zero-order chi connectivity index (χ0) is 14.7. The van der Waals surface area contributed by atoms with Gasteiger partial charge >= 0.3 is 5.97 Å². The van der Waals surface area contributed by atoms with Crippen LogP contribution < -0.4 is 4.90 Å². The predicted molar refractivity (Wildman–Crippen MR) is 68.2 cm³/mol. The summed E-state index contributed by atoms with van der Waals surface area (Å²) < 4.78 is 13.5. The molecule has 19 heavy (non-hydrogen) atoms. The molecule has 0 fully saturated rings. The van der Waals surface area contributed by atoms with Crippen molar-refractivity contribution in [2.75, 3.05) is 11.9 Å². The van der Waals surface area contributed by atoms with E-state index in [0.717, 1.165) is 6.07 Å². The molecule has 1 N–H and O–H groups in total. The van der Waals surface area contributed by atoms with Crippen molar-refractivity contribution in [3.05, 3.63) is 33.6 Å². The molecule has 104 valence electrons. The summed E-state index contributed by atoms with van der Waals surface area (Å²) in [7, 11) is 1.61. The van der Waals surface area contributed by atoms with Crippen LogP contribution in [0.2, 0.25) is 0 Å². The highest BCUT2D eigenvalue weighted by Crippen LogP contribution is 2.32. The van der Waals surface area contributed by atoms with E-state index in [9.17, 15) is 19.3 Å². The lowest BCUT2D eigenvalue weighted by atomic mass is 10.1. The fourth-order valence-electron chi connectivity index (χ4n) is 1.66. The lowest BCUT2D eigenvalue weighted by molar-refractivity contribution is -0.384. The second kappa shape index (κ2) is 5.64. The number of nitrogens with zero attached hydrogens (tertiary/aromatic N) is 2. The van der Waals surface area contributed by atoms with Gasteiger partial charge in [0.15, 0.2) is 0 Å². The SMILES string of the molecule is CCC(C)N(C)c1cc(C(=O)O)c(F)cc1[N+](=O)[O-]. The van der Waals surface area contributed by atoms with Gasteiger partial charge in [0.2, 0.25) is 0 Å². The van der Waals surface area contributed by atoms with Gasteiger partial charge < -0.3 is 10.0 Å². The quantitative estimate of drug-likeness (QED) is 0.656. The van der Waals surface area contributed by atoms with Crippen molar-refractivity contribution in [3.8, 4) is 0 Å². The summed E-state index contributed by atoms with van der Waals surface area (Å²) in [5.74, 6) is -2.56. The molecule has 0 aliphatic carbocycles. The van der Waals surface area contributed by atoms with Gasteiger partial charge in [-0.05, 0) is 19.4 Å². The average molecular weight is 270 g/mol. The van der Waals surface area contributed by atoms with Crippen molar-refractivity contribution >= 4 is 17.3 Å². The first-order chi connectivity index (χ1) is 8.79. The molecule has 0 aliphatic rings. The van der Waals surface area contributed by atoms with Gasteiger partial charge in [0, 0.05) is 13.1 Å². The van der Waals surface area contributed by atoms with Gasteiger partial charge in [0.1, 0.15) is 11.5 Å². The summed E-state index contributed by atoms with van der Waals surface area (Å²) in [5, 5.41) is 19.8. The van der Waals surface area contributed by atoms with Gasteiger partial charge in [-0.1, -0.05) is 6.92 Å². The Balaban J connectivity index is 3.45. The summed E-state index contributed by atoms with van der Waals surface area (Å²) in [5.41, 5.74) is -0.917. The lowest BCUT2D eigenvalue weighted by Crippen LogP contribution is -2.29. The number of aromatic carboxylic acids is 1. The topological polar surface area (TPSA) is 83.7 Å². The van der Waals surface area contributed by atoms with Crippen LogP contribution in [-0.2, 0) is 0 Å². The Morgan fingerprint density at radius 2 is 2.16 bits per heavy atom. The van der Waals surface area contributed by atoms with Crippen molar-refractivity contribution in [1.82, 2.24) is 0 Å². The highest BCUT2D eigenvalue weighted by atomic mass is 19.1. The van der Waals surface area contributed by atoms with Crippen LogP contribution in [0.3, 0.4) is 0 Å². The number of nitro groups is 1. The van der Waals surface area contributed by atoms with E-state index < -0.39 is 28.0 Å². The first kappa shape index (κ1) is 14.9. The number of nitro benzene ring substituents is 1.